The number of amides is 1. The number of aromatic amines is 1. The Kier molecular flexibility index (Phi) is 7.90. The highest BCUT2D eigenvalue weighted by Crippen LogP contribution is 2.22. The molecule has 1 atom stereocenters. The highest BCUT2D eigenvalue weighted by atomic mass is 35.5. The summed E-state index contributed by atoms with van der Waals surface area (Å²) >= 11 is 5.91. The predicted molar refractivity (Wildman–Crippen MR) is 117 cm³/mol. The van der Waals surface area contributed by atoms with Gasteiger partial charge in [0.05, 0.1) is 31.1 Å². The molecular formula is C22H28ClN5O2. The lowest BCUT2D eigenvalue weighted by molar-refractivity contribution is -0.122. The van der Waals surface area contributed by atoms with Crippen LogP contribution in [0.2, 0.25) is 0 Å². The zero-order valence-corrected chi connectivity index (χ0v) is 17.9. The zero-order chi connectivity index (χ0) is 21.3. The topological polar surface area (TPSA) is 90.1 Å². The number of halogens is 1. The van der Waals surface area contributed by atoms with Crippen LogP contribution < -0.4 is 10.6 Å². The Hall–Kier alpha value is -2.80. The van der Waals surface area contributed by atoms with Gasteiger partial charge in [-0.2, -0.15) is 0 Å². The molecule has 8 heteroatoms. The second-order valence-corrected chi connectivity index (χ2v) is 7.94. The Labute approximate surface area is 181 Å². The molecule has 0 radical (unpaired) electrons. The van der Waals surface area contributed by atoms with Crippen LogP contribution in [0.5, 0.6) is 0 Å². The molecule has 30 heavy (non-hydrogen) atoms. The number of aromatic nitrogens is 2. The van der Waals surface area contributed by atoms with E-state index in [4.69, 9.17) is 11.6 Å². The van der Waals surface area contributed by atoms with Crippen molar-refractivity contribution in [2.75, 3.05) is 13.2 Å². The summed E-state index contributed by atoms with van der Waals surface area (Å²) in [7, 11) is 0. The molecular weight excluding hydrogens is 402 g/mol. The standard InChI is InChI=1S/C22H28ClN5O2/c1-16(29)8-4-2-7-11-18(26-21(30)14-28-13-20(23)25-15-28)22-24-12-19(27-22)17-9-5-3-6-10-17/h3,5-6,9-10,12-13,18,25H,2,4,7-8,11,14-15H2,1H3,(H,24,27)(H,26,30)/t18-/m0/s1. The Bertz CT molecular complexity index is 881. The van der Waals surface area contributed by atoms with E-state index in [2.05, 4.69) is 20.6 Å². The number of nitrogens with one attached hydrogen (secondary N) is 3. The lowest BCUT2D eigenvalue weighted by Gasteiger charge is -2.19. The van der Waals surface area contributed by atoms with E-state index in [0.717, 1.165) is 42.8 Å². The maximum atomic E-state index is 12.6. The van der Waals surface area contributed by atoms with Crippen LogP contribution >= 0.6 is 11.6 Å². The van der Waals surface area contributed by atoms with Gasteiger partial charge < -0.3 is 25.3 Å². The van der Waals surface area contributed by atoms with Gasteiger partial charge in [0.25, 0.3) is 0 Å². The number of imidazole rings is 1. The number of unbranched alkanes of at least 4 members (excludes halogenated alkanes) is 2. The molecule has 0 saturated carbocycles. The van der Waals surface area contributed by atoms with Crippen LogP contribution in [0.3, 0.4) is 0 Å². The maximum absolute atomic E-state index is 12.6. The molecule has 3 N–H and O–H groups in total. The van der Waals surface area contributed by atoms with E-state index in [0.29, 0.717) is 18.2 Å². The van der Waals surface area contributed by atoms with Crippen LogP contribution in [0.4, 0.5) is 0 Å². The lowest BCUT2D eigenvalue weighted by Crippen LogP contribution is -2.37. The van der Waals surface area contributed by atoms with Crippen LogP contribution in [0.1, 0.15) is 50.9 Å². The minimum absolute atomic E-state index is 0.0918. The summed E-state index contributed by atoms with van der Waals surface area (Å²) in [5.74, 6) is 0.858. The van der Waals surface area contributed by atoms with Gasteiger partial charge in [0, 0.05) is 12.6 Å². The number of carbonyl (C=O) groups is 2. The second kappa shape index (κ2) is 10.8. The summed E-state index contributed by atoms with van der Waals surface area (Å²) in [5, 5.41) is 6.59. The first-order valence-corrected chi connectivity index (χ1v) is 10.6. The van der Waals surface area contributed by atoms with Gasteiger partial charge in [-0.05, 0) is 25.3 Å². The molecule has 0 aliphatic carbocycles. The third-order valence-corrected chi connectivity index (χ3v) is 5.19. The minimum Gasteiger partial charge on any atom is -0.357 e. The molecule has 1 aliphatic rings. The van der Waals surface area contributed by atoms with Crippen LogP contribution in [0.25, 0.3) is 11.3 Å². The Morgan fingerprint density at radius 3 is 2.73 bits per heavy atom. The Morgan fingerprint density at radius 2 is 2.03 bits per heavy atom. The summed E-state index contributed by atoms with van der Waals surface area (Å²) < 4.78 is 0. The summed E-state index contributed by atoms with van der Waals surface area (Å²) in [6.07, 6.45) is 7.57. The highest BCUT2D eigenvalue weighted by Gasteiger charge is 2.20. The molecule has 1 aliphatic heterocycles. The van der Waals surface area contributed by atoms with Crippen LogP contribution in [-0.2, 0) is 9.59 Å². The van der Waals surface area contributed by atoms with Crippen LogP contribution in [0, 0.1) is 0 Å². The van der Waals surface area contributed by atoms with E-state index in [-0.39, 0.29) is 24.3 Å². The molecule has 3 rings (SSSR count). The van der Waals surface area contributed by atoms with E-state index in [1.165, 1.54) is 0 Å². The van der Waals surface area contributed by atoms with Crippen LogP contribution in [0.15, 0.2) is 47.9 Å². The predicted octanol–water partition coefficient (Wildman–Crippen LogP) is 3.67. The summed E-state index contributed by atoms with van der Waals surface area (Å²) in [6, 6.07) is 9.74. The second-order valence-electron chi connectivity index (χ2n) is 7.53. The van der Waals surface area contributed by atoms with Gasteiger partial charge in [-0.15, -0.1) is 0 Å². The van der Waals surface area contributed by atoms with Crippen molar-refractivity contribution in [2.24, 2.45) is 0 Å². The lowest BCUT2D eigenvalue weighted by atomic mass is 10.1. The largest absolute Gasteiger partial charge is 0.357 e. The first kappa shape index (κ1) is 21.9. The van der Waals surface area contributed by atoms with Gasteiger partial charge >= 0.3 is 0 Å². The van der Waals surface area contributed by atoms with E-state index in [1.807, 2.05) is 35.2 Å². The van der Waals surface area contributed by atoms with Gasteiger partial charge in [0.2, 0.25) is 5.91 Å². The van der Waals surface area contributed by atoms with Crippen molar-refractivity contribution in [3.63, 3.8) is 0 Å². The average molecular weight is 430 g/mol. The summed E-state index contributed by atoms with van der Waals surface area (Å²) in [6.45, 7) is 2.35. The molecule has 0 spiro atoms. The Balaban J connectivity index is 1.63. The fourth-order valence-corrected chi connectivity index (χ4v) is 3.61. The fraction of sp³-hybridized carbons (Fsp3) is 0.409. The van der Waals surface area contributed by atoms with Gasteiger partial charge in [0.1, 0.15) is 16.8 Å². The Morgan fingerprint density at radius 1 is 1.23 bits per heavy atom. The number of ketones is 1. The molecule has 2 aromatic rings. The number of Topliss-reactive ketones (excluding diaryl/α,β-unsaturated/α-hetero) is 1. The summed E-state index contributed by atoms with van der Waals surface area (Å²) in [5.41, 5.74) is 1.96. The van der Waals surface area contributed by atoms with E-state index >= 15 is 0 Å². The van der Waals surface area contributed by atoms with E-state index < -0.39 is 0 Å². The van der Waals surface area contributed by atoms with Crippen molar-refractivity contribution in [3.8, 4) is 11.3 Å². The van der Waals surface area contributed by atoms with Crippen molar-refractivity contribution in [3.05, 3.63) is 53.7 Å². The van der Waals surface area contributed by atoms with Crippen molar-refractivity contribution in [2.45, 2.75) is 45.1 Å². The molecule has 0 fully saturated rings. The smallest absolute Gasteiger partial charge is 0.240 e. The van der Waals surface area contributed by atoms with Gasteiger partial charge in [-0.1, -0.05) is 54.8 Å². The number of rotatable bonds is 11. The monoisotopic (exact) mass is 429 g/mol. The molecule has 1 aromatic heterocycles. The molecule has 0 saturated heterocycles. The van der Waals surface area contributed by atoms with Crippen molar-refractivity contribution >= 4 is 23.3 Å². The third-order valence-electron chi connectivity index (χ3n) is 4.96. The first-order chi connectivity index (χ1) is 14.5. The molecule has 2 heterocycles. The molecule has 1 aromatic carbocycles. The number of benzene rings is 1. The van der Waals surface area contributed by atoms with Crippen molar-refractivity contribution in [1.82, 2.24) is 25.5 Å². The zero-order valence-electron chi connectivity index (χ0n) is 17.2. The van der Waals surface area contributed by atoms with E-state index in [9.17, 15) is 9.59 Å². The minimum atomic E-state index is -0.220. The summed E-state index contributed by atoms with van der Waals surface area (Å²) in [4.78, 5) is 33.5. The van der Waals surface area contributed by atoms with Gasteiger partial charge in [0.15, 0.2) is 0 Å². The number of hydrogen-bond acceptors (Lipinski definition) is 5. The number of carbonyl (C=O) groups excluding carboxylic acids is 2. The van der Waals surface area contributed by atoms with Crippen molar-refractivity contribution in [1.29, 1.82) is 0 Å². The normalized spacial score (nSPS) is 14.2. The number of nitrogens with zero attached hydrogens (tertiary/aromatic N) is 2. The SMILES string of the molecule is CC(=O)CCCCC[C@H](NC(=O)CN1C=C(Cl)NC1)c1ncc(-c2ccccc2)[nH]1. The molecule has 1 amide bonds. The molecule has 7 nitrogen and oxygen atoms in total. The van der Waals surface area contributed by atoms with Crippen molar-refractivity contribution < 1.29 is 9.59 Å². The molecule has 160 valence electrons. The van der Waals surface area contributed by atoms with Gasteiger partial charge in [-0.25, -0.2) is 4.98 Å². The van der Waals surface area contributed by atoms with E-state index in [1.54, 1.807) is 19.3 Å². The average Bonchev–Trinajstić information content (AvgIpc) is 3.36. The molecule has 0 unspecified atom stereocenters. The maximum Gasteiger partial charge on any atom is 0.240 e. The number of hydrogen-bond donors (Lipinski definition) is 3. The van der Waals surface area contributed by atoms with Crippen LogP contribution in [-0.4, -0.2) is 39.8 Å². The quantitative estimate of drug-likeness (QED) is 0.374. The first-order valence-electron chi connectivity index (χ1n) is 10.3. The fourth-order valence-electron chi connectivity index (χ4n) is 3.41. The third kappa shape index (κ3) is 6.62. The molecule has 0 bridgehead atoms. The highest BCUT2D eigenvalue weighted by molar-refractivity contribution is 6.29. The van der Waals surface area contributed by atoms with Gasteiger partial charge in [-0.3, -0.25) is 4.79 Å². The number of H-pyrrole nitrogens is 1.